The molecule has 1 aromatic carbocycles. The first kappa shape index (κ1) is 20.0. The van der Waals surface area contributed by atoms with Crippen LogP contribution in [0, 0.1) is 0 Å². The predicted molar refractivity (Wildman–Crippen MR) is 115 cm³/mol. The molecule has 0 radical (unpaired) electrons. The molecule has 0 fully saturated rings. The lowest BCUT2D eigenvalue weighted by Gasteiger charge is -2.09. The monoisotopic (exact) mass is 376 g/mol. The van der Waals surface area contributed by atoms with Crippen molar-refractivity contribution in [3.8, 4) is 11.3 Å². The number of methoxy groups -OCH3 is 1. The van der Waals surface area contributed by atoms with Crippen molar-refractivity contribution in [3.05, 3.63) is 71.9 Å². The highest BCUT2D eigenvalue weighted by Gasteiger charge is 2.04. The fourth-order valence-corrected chi connectivity index (χ4v) is 3.12. The van der Waals surface area contributed by atoms with E-state index in [0.29, 0.717) is 6.54 Å². The third-order valence-electron chi connectivity index (χ3n) is 4.55. The Bertz CT molecular complexity index is 882. The Morgan fingerprint density at radius 2 is 1.79 bits per heavy atom. The van der Waals surface area contributed by atoms with Gasteiger partial charge in [-0.15, -0.1) is 0 Å². The summed E-state index contributed by atoms with van der Waals surface area (Å²) in [7, 11) is 1.74. The number of hydrogen-bond acceptors (Lipinski definition) is 5. The van der Waals surface area contributed by atoms with Crippen LogP contribution in [0.5, 0.6) is 0 Å². The van der Waals surface area contributed by atoms with Crippen molar-refractivity contribution in [1.29, 1.82) is 0 Å². The molecule has 5 heteroatoms. The Labute approximate surface area is 167 Å². The van der Waals surface area contributed by atoms with E-state index in [1.165, 1.54) is 11.1 Å². The van der Waals surface area contributed by atoms with E-state index in [2.05, 4.69) is 46.7 Å². The summed E-state index contributed by atoms with van der Waals surface area (Å²) in [5.74, 6) is 1.59. The summed E-state index contributed by atoms with van der Waals surface area (Å²) < 4.78 is 5.11. The zero-order chi connectivity index (χ0) is 19.6. The number of aryl methyl sites for hydroxylation is 1. The molecule has 0 bridgehead atoms. The summed E-state index contributed by atoms with van der Waals surface area (Å²) in [6.45, 7) is 1.45. The molecule has 0 saturated heterocycles. The molecule has 0 aliphatic rings. The maximum absolute atomic E-state index is 5.68. The number of ether oxygens (including phenoxy) is 1. The van der Waals surface area contributed by atoms with Gasteiger partial charge in [0.15, 0.2) is 0 Å². The number of aromatic nitrogens is 2. The molecule has 3 rings (SSSR count). The van der Waals surface area contributed by atoms with E-state index < -0.39 is 0 Å². The molecule has 2 aromatic heterocycles. The van der Waals surface area contributed by atoms with Gasteiger partial charge in [-0.25, -0.2) is 9.97 Å². The van der Waals surface area contributed by atoms with Gasteiger partial charge in [-0.05, 0) is 73.7 Å². The quantitative estimate of drug-likeness (QED) is 0.515. The molecule has 146 valence electrons. The van der Waals surface area contributed by atoms with E-state index >= 15 is 0 Å². The Hall–Kier alpha value is -2.76. The van der Waals surface area contributed by atoms with Crippen LogP contribution in [-0.2, 0) is 17.6 Å². The molecule has 5 nitrogen and oxygen atoms in total. The summed E-state index contributed by atoms with van der Waals surface area (Å²) in [6.07, 6.45) is 5.89. The first-order valence-electron chi connectivity index (χ1n) is 9.76. The fourth-order valence-electron chi connectivity index (χ4n) is 3.12. The fraction of sp³-hybridized carbons (Fsp3) is 0.304. The summed E-state index contributed by atoms with van der Waals surface area (Å²) in [4.78, 5) is 9.19. The molecule has 0 amide bonds. The van der Waals surface area contributed by atoms with E-state index in [9.17, 15) is 0 Å². The van der Waals surface area contributed by atoms with Crippen molar-refractivity contribution in [1.82, 2.24) is 9.97 Å². The molecular formula is C23H28N4O. The highest BCUT2D eigenvalue weighted by molar-refractivity contribution is 5.63. The van der Waals surface area contributed by atoms with Crippen LogP contribution >= 0.6 is 0 Å². The zero-order valence-corrected chi connectivity index (χ0v) is 16.4. The number of pyridine rings is 2. The molecule has 3 aromatic rings. The predicted octanol–water partition coefficient (Wildman–Crippen LogP) is 4.36. The summed E-state index contributed by atoms with van der Waals surface area (Å²) in [5, 5.41) is 3.33. The molecule has 0 saturated carbocycles. The minimum Gasteiger partial charge on any atom is -0.385 e. The zero-order valence-electron chi connectivity index (χ0n) is 16.4. The van der Waals surface area contributed by atoms with E-state index in [-0.39, 0.29) is 0 Å². The van der Waals surface area contributed by atoms with Crippen LogP contribution in [0.2, 0.25) is 0 Å². The number of rotatable bonds is 10. The van der Waals surface area contributed by atoms with Crippen molar-refractivity contribution in [3.63, 3.8) is 0 Å². The van der Waals surface area contributed by atoms with Crippen LogP contribution in [0.3, 0.4) is 0 Å². The van der Waals surface area contributed by atoms with Crippen LogP contribution in [0.4, 0.5) is 11.6 Å². The molecule has 2 heterocycles. The third-order valence-corrected chi connectivity index (χ3v) is 4.55. The average molecular weight is 377 g/mol. The first-order valence-corrected chi connectivity index (χ1v) is 9.76. The molecule has 0 aliphatic carbocycles. The van der Waals surface area contributed by atoms with Gasteiger partial charge in [-0.3, -0.25) is 0 Å². The van der Waals surface area contributed by atoms with Crippen LogP contribution in [0.1, 0.15) is 24.0 Å². The molecule has 28 heavy (non-hydrogen) atoms. The van der Waals surface area contributed by atoms with Gasteiger partial charge in [0.1, 0.15) is 11.6 Å². The lowest BCUT2D eigenvalue weighted by Crippen LogP contribution is -2.02. The number of unbranched alkanes of at least 4 members (excludes halogenated alkanes) is 1. The number of nitrogens with one attached hydrogen (secondary N) is 1. The maximum Gasteiger partial charge on any atom is 0.132 e. The van der Waals surface area contributed by atoms with E-state index in [1.54, 1.807) is 7.11 Å². The smallest absolute Gasteiger partial charge is 0.132 e. The van der Waals surface area contributed by atoms with E-state index in [0.717, 1.165) is 55.2 Å². The Balaban J connectivity index is 1.70. The highest BCUT2D eigenvalue weighted by atomic mass is 16.5. The molecular weight excluding hydrogens is 348 g/mol. The maximum atomic E-state index is 5.68. The third kappa shape index (κ3) is 5.87. The van der Waals surface area contributed by atoms with Crippen molar-refractivity contribution in [2.24, 2.45) is 5.73 Å². The van der Waals surface area contributed by atoms with Crippen LogP contribution in [-0.4, -0.2) is 30.2 Å². The van der Waals surface area contributed by atoms with E-state index in [1.807, 2.05) is 24.4 Å². The normalized spacial score (nSPS) is 10.8. The van der Waals surface area contributed by atoms with Gasteiger partial charge in [0, 0.05) is 25.5 Å². The molecule has 0 aliphatic heterocycles. The van der Waals surface area contributed by atoms with Crippen LogP contribution in [0.25, 0.3) is 11.3 Å². The van der Waals surface area contributed by atoms with E-state index in [4.69, 9.17) is 15.5 Å². The van der Waals surface area contributed by atoms with Gasteiger partial charge in [0.2, 0.25) is 0 Å². The number of benzene rings is 1. The van der Waals surface area contributed by atoms with Crippen LogP contribution < -0.4 is 11.1 Å². The van der Waals surface area contributed by atoms with Crippen molar-refractivity contribution in [2.45, 2.75) is 25.7 Å². The topological polar surface area (TPSA) is 73.1 Å². The van der Waals surface area contributed by atoms with Gasteiger partial charge in [-0.2, -0.15) is 0 Å². The second-order valence-corrected chi connectivity index (χ2v) is 6.77. The summed E-state index contributed by atoms with van der Waals surface area (Å²) in [6, 6.07) is 18.5. The second-order valence-electron chi connectivity index (χ2n) is 6.77. The number of anilines is 2. The molecule has 3 N–H and O–H groups in total. The Morgan fingerprint density at radius 3 is 2.64 bits per heavy atom. The standard InChI is InChI=1S/C23H28N4O/c1-28-15-3-2-6-19-12-14-25-23(17-19)27-22-10-5-9-21(26-22)20-8-4-7-18(16-20)11-13-24/h4-5,7-10,12,14,16-17H,2-3,6,11,13,15,24H2,1H3,(H,25,26,27). The van der Waals surface area contributed by atoms with Crippen molar-refractivity contribution in [2.75, 3.05) is 25.6 Å². The Morgan fingerprint density at radius 1 is 0.929 bits per heavy atom. The number of nitrogens with two attached hydrogens (primary N) is 1. The lowest BCUT2D eigenvalue weighted by molar-refractivity contribution is 0.193. The van der Waals surface area contributed by atoms with Gasteiger partial charge in [0.25, 0.3) is 0 Å². The van der Waals surface area contributed by atoms with Gasteiger partial charge >= 0.3 is 0 Å². The minimum atomic E-state index is 0.645. The summed E-state index contributed by atoms with van der Waals surface area (Å²) >= 11 is 0. The van der Waals surface area contributed by atoms with Crippen LogP contribution in [0.15, 0.2) is 60.8 Å². The molecule has 0 spiro atoms. The summed E-state index contributed by atoms with van der Waals surface area (Å²) in [5.41, 5.74) is 10.2. The minimum absolute atomic E-state index is 0.645. The Kier molecular flexibility index (Phi) is 7.53. The number of hydrogen-bond donors (Lipinski definition) is 2. The lowest BCUT2D eigenvalue weighted by atomic mass is 10.1. The second kappa shape index (κ2) is 10.5. The average Bonchev–Trinajstić information content (AvgIpc) is 2.72. The SMILES string of the molecule is COCCCCc1ccnc(Nc2cccc(-c3cccc(CCN)c3)n2)c1. The largest absolute Gasteiger partial charge is 0.385 e. The van der Waals surface area contributed by atoms with Gasteiger partial charge in [-0.1, -0.05) is 24.3 Å². The molecule has 0 atom stereocenters. The number of nitrogens with zero attached hydrogens (tertiary/aromatic N) is 2. The highest BCUT2D eigenvalue weighted by Crippen LogP contribution is 2.22. The first-order chi connectivity index (χ1) is 13.8. The molecule has 0 unspecified atom stereocenters. The van der Waals surface area contributed by atoms with Crippen molar-refractivity contribution < 1.29 is 4.74 Å². The van der Waals surface area contributed by atoms with Gasteiger partial charge in [0.05, 0.1) is 5.69 Å². The van der Waals surface area contributed by atoms with Gasteiger partial charge < -0.3 is 15.8 Å². The van der Waals surface area contributed by atoms with Crippen molar-refractivity contribution >= 4 is 11.6 Å².